The van der Waals surface area contributed by atoms with Crippen LogP contribution in [0, 0.1) is 0 Å². The third-order valence-electron chi connectivity index (χ3n) is 3.21. The van der Waals surface area contributed by atoms with Crippen molar-refractivity contribution in [2.75, 3.05) is 19.6 Å². The first-order valence-electron chi connectivity index (χ1n) is 6.67. The maximum atomic E-state index is 11.9. The van der Waals surface area contributed by atoms with Crippen molar-refractivity contribution in [2.24, 2.45) is 0 Å². The van der Waals surface area contributed by atoms with Crippen molar-refractivity contribution in [3.05, 3.63) is 47.5 Å². The fourth-order valence-electron chi connectivity index (χ4n) is 2.11. The van der Waals surface area contributed by atoms with E-state index in [0.29, 0.717) is 19.5 Å². The Kier molecular flexibility index (Phi) is 4.76. The second-order valence-electron chi connectivity index (χ2n) is 4.69. The van der Waals surface area contributed by atoms with Gasteiger partial charge < -0.3 is 15.3 Å². The number of urea groups is 1. The second-order valence-corrected chi connectivity index (χ2v) is 4.69. The minimum Gasteiger partial charge on any atom is -0.478 e. The number of carbonyl (C=O) groups excluding carboxylic acids is 1. The standard InChI is InChI=1S/C15H18N2O3/c18-14(19)13-6-4-5-12(11-13)7-8-16-15(20)17-9-2-1-3-10-17/h1-2,4-6,11H,3,7-10H2,(H,16,20)(H,18,19). The molecule has 5 heteroatoms. The van der Waals surface area contributed by atoms with Gasteiger partial charge in [-0.3, -0.25) is 0 Å². The van der Waals surface area contributed by atoms with Gasteiger partial charge in [-0.05, 0) is 30.5 Å². The highest BCUT2D eigenvalue weighted by Gasteiger charge is 2.12. The zero-order chi connectivity index (χ0) is 14.4. The molecule has 0 aromatic heterocycles. The molecule has 1 aromatic rings. The molecule has 1 aliphatic heterocycles. The van der Waals surface area contributed by atoms with Crippen molar-refractivity contribution < 1.29 is 14.7 Å². The molecule has 0 fully saturated rings. The van der Waals surface area contributed by atoms with Gasteiger partial charge in [0, 0.05) is 19.6 Å². The molecule has 20 heavy (non-hydrogen) atoms. The van der Waals surface area contributed by atoms with Gasteiger partial charge in [0.05, 0.1) is 5.56 Å². The summed E-state index contributed by atoms with van der Waals surface area (Å²) in [6, 6.07) is 6.71. The molecule has 0 unspecified atom stereocenters. The second kappa shape index (κ2) is 6.75. The molecule has 106 valence electrons. The molecule has 0 atom stereocenters. The van der Waals surface area contributed by atoms with Crippen LogP contribution >= 0.6 is 0 Å². The maximum Gasteiger partial charge on any atom is 0.335 e. The maximum absolute atomic E-state index is 11.9. The SMILES string of the molecule is O=C(O)c1cccc(CCNC(=O)N2CC=CCC2)c1. The molecular weight excluding hydrogens is 256 g/mol. The summed E-state index contributed by atoms with van der Waals surface area (Å²) in [5, 5.41) is 11.8. The Morgan fingerprint density at radius 3 is 2.85 bits per heavy atom. The number of hydrogen-bond acceptors (Lipinski definition) is 2. The van der Waals surface area contributed by atoms with Crippen molar-refractivity contribution in [3.63, 3.8) is 0 Å². The van der Waals surface area contributed by atoms with Crippen LogP contribution in [-0.4, -0.2) is 41.6 Å². The predicted octanol–water partition coefficient (Wildman–Crippen LogP) is 1.90. The molecule has 2 amide bonds. The highest BCUT2D eigenvalue weighted by atomic mass is 16.4. The van der Waals surface area contributed by atoms with E-state index in [9.17, 15) is 9.59 Å². The van der Waals surface area contributed by atoms with Crippen LogP contribution < -0.4 is 5.32 Å². The van der Waals surface area contributed by atoms with E-state index in [2.05, 4.69) is 11.4 Å². The van der Waals surface area contributed by atoms with Crippen molar-refractivity contribution in [3.8, 4) is 0 Å². The number of hydrogen-bond donors (Lipinski definition) is 2. The van der Waals surface area contributed by atoms with Gasteiger partial charge in [-0.2, -0.15) is 0 Å². The van der Waals surface area contributed by atoms with Crippen LogP contribution in [0.25, 0.3) is 0 Å². The van der Waals surface area contributed by atoms with E-state index in [1.807, 2.05) is 12.1 Å². The number of nitrogens with zero attached hydrogens (tertiary/aromatic N) is 1. The number of amides is 2. The Morgan fingerprint density at radius 2 is 2.15 bits per heavy atom. The Bertz CT molecular complexity index is 526. The summed E-state index contributed by atoms with van der Waals surface area (Å²) < 4.78 is 0. The largest absolute Gasteiger partial charge is 0.478 e. The summed E-state index contributed by atoms with van der Waals surface area (Å²) in [7, 11) is 0. The number of carbonyl (C=O) groups is 2. The Hall–Kier alpha value is -2.30. The van der Waals surface area contributed by atoms with E-state index in [4.69, 9.17) is 5.11 Å². The van der Waals surface area contributed by atoms with Gasteiger partial charge in [0.1, 0.15) is 0 Å². The van der Waals surface area contributed by atoms with Gasteiger partial charge in [-0.1, -0.05) is 24.3 Å². The van der Waals surface area contributed by atoms with Gasteiger partial charge >= 0.3 is 12.0 Å². The molecule has 1 aromatic carbocycles. The molecule has 0 saturated heterocycles. The number of carboxylic acid groups (broad SMARTS) is 1. The molecule has 0 spiro atoms. The van der Waals surface area contributed by atoms with E-state index in [1.54, 1.807) is 23.1 Å². The summed E-state index contributed by atoms with van der Waals surface area (Å²) in [5.74, 6) is -0.934. The molecule has 2 N–H and O–H groups in total. The molecule has 5 nitrogen and oxygen atoms in total. The van der Waals surface area contributed by atoms with Gasteiger partial charge in [-0.15, -0.1) is 0 Å². The molecule has 0 saturated carbocycles. The third kappa shape index (κ3) is 3.85. The lowest BCUT2D eigenvalue weighted by molar-refractivity contribution is 0.0696. The van der Waals surface area contributed by atoms with Gasteiger partial charge in [0.15, 0.2) is 0 Å². The smallest absolute Gasteiger partial charge is 0.335 e. The van der Waals surface area contributed by atoms with Crippen LogP contribution in [0.4, 0.5) is 4.79 Å². The lowest BCUT2D eigenvalue weighted by Crippen LogP contribution is -2.42. The van der Waals surface area contributed by atoms with Crippen LogP contribution in [0.15, 0.2) is 36.4 Å². The number of rotatable bonds is 4. The van der Waals surface area contributed by atoms with Gasteiger partial charge in [0.25, 0.3) is 0 Å². The molecule has 0 bridgehead atoms. The molecule has 1 aliphatic rings. The van der Waals surface area contributed by atoms with Crippen molar-refractivity contribution in [2.45, 2.75) is 12.8 Å². The Labute approximate surface area is 117 Å². The topological polar surface area (TPSA) is 69.6 Å². The van der Waals surface area contributed by atoms with E-state index >= 15 is 0 Å². The zero-order valence-corrected chi connectivity index (χ0v) is 11.2. The van der Waals surface area contributed by atoms with Crippen LogP contribution in [-0.2, 0) is 6.42 Å². The highest BCUT2D eigenvalue weighted by Crippen LogP contribution is 2.06. The molecule has 2 rings (SSSR count). The van der Waals surface area contributed by atoms with Crippen molar-refractivity contribution >= 4 is 12.0 Å². The van der Waals surface area contributed by atoms with Crippen molar-refractivity contribution in [1.82, 2.24) is 10.2 Å². The van der Waals surface area contributed by atoms with E-state index in [-0.39, 0.29) is 11.6 Å². The Balaban J connectivity index is 1.80. The molecule has 1 heterocycles. The van der Waals surface area contributed by atoms with E-state index in [1.165, 1.54) is 0 Å². The fraction of sp³-hybridized carbons (Fsp3) is 0.333. The monoisotopic (exact) mass is 274 g/mol. The first-order chi connectivity index (χ1) is 9.66. The summed E-state index contributed by atoms with van der Waals surface area (Å²) in [5.41, 5.74) is 1.18. The van der Waals surface area contributed by atoms with E-state index in [0.717, 1.165) is 18.5 Å². The Morgan fingerprint density at radius 1 is 1.30 bits per heavy atom. The summed E-state index contributed by atoms with van der Waals surface area (Å²) in [6.45, 7) is 1.90. The number of nitrogens with one attached hydrogen (secondary N) is 1. The van der Waals surface area contributed by atoms with Crippen LogP contribution in [0.2, 0.25) is 0 Å². The first-order valence-corrected chi connectivity index (χ1v) is 6.67. The molecule has 0 aliphatic carbocycles. The highest BCUT2D eigenvalue weighted by molar-refractivity contribution is 5.87. The summed E-state index contributed by atoms with van der Waals surface area (Å²) in [4.78, 5) is 24.5. The summed E-state index contributed by atoms with van der Waals surface area (Å²) in [6.07, 6.45) is 5.57. The van der Waals surface area contributed by atoms with Crippen molar-refractivity contribution in [1.29, 1.82) is 0 Å². The lowest BCUT2D eigenvalue weighted by atomic mass is 10.1. The fourth-order valence-corrected chi connectivity index (χ4v) is 2.11. The number of aromatic carboxylic acids is 1. The third-order valence-corrected chi connectivity index (χ3v) is 3.21. The van der Waals surface area contributed by atoms with Crippen LogP contribution in [0.3, 0.4) is 0 Å². The minimum atomic E-state index is -0.934. The van der Waals surface area contributed by atoms with Gasteiger partial charge in [-0.25, -0.2) is 9.59 Å². The normalized spacial score (nSPS) is 14.1. The minimum absolute atomic E-state index is 0.0660. The average molecular weight is 274 g/mol. The zero-order valence-electron chi connectivity index (χ0n) is 11.2. The number of benzene rings is 1. The van der Waals surface area contributed by atoms with Crippen LogP contribution in [0.5, 0.6) is 0 Å². The van der Waals surface area contributed by atoms with E-state index < -0.39 is 5.97 Å². The lowest BCUT2D eigenvalue weighted by Gasteiger charge is -2.23. The first kappa shape index (κ1) is 14.1. The molecule has 0 radical (unpaired) electrons. The molecular formula is C15H18N2O3. The quantitative estimate of drug-likeness (QED) is 0.824. The summed E-state index contributed by atoms with van der Waals surface area (Å²) >= 11 is 0. The number of carboxylic acids is 1. The predicted molar refractivity (Wildman–Crippen MR) is 75.8 cm³/mol. The average Bonchev–Trinajstić information content (AvgIpc) is 2.48. The van der Waals surface area contributed by atoms with Gasteiger partial charge in [0.2, 0.25) is 0 Å². The van der Waals surface area contributed by atoms with Crippen LogP contribution in [0.1, 0.15) is 22.3 Å².